The lowest BCUT2D eigenvalue weighted by Crippen LogP contribution is -2.48. The molecular weight excluding hydrogens is 366 g/mol. The predicted molar refractivity (Wildman–Crippen MR) is 123 cm³/mol. The maximum Gasteiger partial charge on any atom is 0.0742 e. The van der Waals surface area contributed by atoms with Crippen LogP contribution < -0.4 is 5.32 Å². The Kier molecular flexibility index (Phi) is 4.93. The molecule has 2 saturated heterocycles. The molecule has 12 unspecified atom stereocenters. The number of hydrogen-bond acceptors (Lipinski definition) is 2. The number of ether oxygens (including phenoxy) is 1. The van der Waals surface area contributed by atoms with E-state index in [1.54, 1.807) is 19.3 Å². The van der Waals surface area contributed by atoms with E-state index in [-0.39, 0.29) is 5.60 Å². The molecule has 4 aliphatic carbocycles. The van der Waals surface area contributed by atoms with Gasteiger partial charge in [0.15, 0.2) is 0 Å². The van der Waals surface area contributed by atoms with E-state index in [4.69, 9.17) is 4.74 Å². The molecule has 6 rings (SSSR count). The summed E-state index contributed by atoms with van der Waals surface area (Å²) in [4.78, 5) is 0. The fourth-order valence-corrected chi connectivity index (χ4v) is 10.5. The average molecular weight is 414 g/mol. The first-order valence-electron chi connectivity index (χ1n) is 13.8. The van der Waals surface area contributed by atoms with Gasteiger partial charge in [-0.2, -0.15) is 0 Å². The lowest BCUT2D eigenvalue weighted by Gasteiger charge is -2.53. The second-order valence-electron chi connectivity index (χ2n) is 13.4. The minimum absolute atomic E-state index is 0.164. The van der Waals surface area contributed by atoms with Crippen LogP contribution in [0, 0.1) is 52.8 Å². The highest BCUT2D eigenvalue weighted by atomic mass is 16.5. The van der Waals surface area contributed by atoms with Crippen LogP contribution in [-0.4, -0.2) is 24.3 Å². The Hall–Kier alpha value is -0.0800. The van der Waals surface area contributed by atoms with E-state index in [2.05, 4.69) is 33.0 Å². The van der Waals surface area contributed by atoms with Crippen molar-refractivity contribution >= 4 is 0 Å². The number of nitrogens with one attached hydrogen (secondary N) is 1. The molecule has 6 fully saturated rings. The van der Waals surface area contributed by atoms with Gasteiger partial charge in [-0.1, -0.05) is 40.5 Å². The number of piperidine rings is 1. The SMILES string of the molecule is CC1CNC2C(C1)OC1(CCC3C(CC4C3CCC3CCCCC34C)C(C)C1)C2C. The third-order valence-electron chi connectivity index (χ3n) is 12.1. The summed E-state index contributed by atoms with van der Waals surface area (Å²) < 4.78 is 7.07. The van der Waals surface area contributed by atoms with E-state index in [0.717, 1.165) is 41.4 Å². The minimum atomic E-state index is 0.164. The summed E-state index contributed by atoms with van der Waals surface area (Å²) in [5.41, 5.74) is 0.842. The van der Waals surface area contributed by atoms with Gasteiger partial charge in [-0.3, -0.25) is 0 Å². The smallest absolute Gasteiger partial charge is 0.0742 e. The van der Waals surface area contributed by atoms with Crippen molar-refractivity contribution in [2.75, 3.05) is 6.54 Å². The molecule has 1 N–H and O–H groups in total. The van der Waals surface area contributed by atoms with Crippen molar-refractivity contribution in [1.29, 1.82) is 0 Å². The highest BCUT2D eigenvalue weighted by Gasteiger charge is 2.61. The van der Waals surface area contributed by atoms with Crippen molar-refractivity contribution in [2.24, 2.45) is 52.8 Å². The molecule has 2 aliphatic heterocycles. The van der Waals surface area contributed by atoms with Crippen molar-refractivity contribution in [3.8, 4) is 0 Å². The van der Waals surface area contributed by atoms with Crippen molar-refractivity contribution in [1.82, 2.24) is 5.32 Å². The summed E-state index contributed by atoms with van der Waals surface area (Å²) in [6.45, 7) is 11.5. The molecule has 4 saturated carbocycles. The Morgan fingerprint density at radius 3 is 2.60 bits per heavy atom. The number of fused-ring (bicyclic) bond motifs is 6. The zero-order chi connectivity index (χ0) is 20.7. The number of rotatable bonds is 0. The monoisotopic (exact) mass is 413 g/mol. The lowest BCUT2D eigenvalue weighted by atomic mass is 9.52. The van der Waals surface area contributed by atoms with Crippen molar-refractivity contribution in [3.05, 3.63) is 0 Å². The van der Waals surface area contributed by atoms with E-state index in [9.17, 15) is 0 Å². The van der Waals surface area contributed by atoms with Gasteiger partial charge in [0, 0.05) is 12.0 Å². The third kappa shape index (κ3) is 2.87. The van der Waals surface area contributed by atoms with E-state index < -0.39 is 0 Å². The Bertz CT molecular complexity index is 663. The van der Waals surface area contributed by atoms with Crippen LogP contribution in [0.2, 0.25) is 0 Å². The summed E-state index contributed by atoms with van der Waals surface area (Å²) in [5, 5.41) is 3.89. The summed E-state index contributed by atoms with van der Waals surface area (Å²) in [6.07, 6.45) is 16.6. The van der Waals surface area contributed by atoms with Gasteiger partial charge in [0.25, 0.3) is 0 Å². The quantitative estimate of drug-likeness (QED) is 0.493. The van der Waals surface area contributed by atoms with Gasteiger partial charge in [0.2, 0.25) is 0 Å². The van der Waals surface area contributed by atoms with E-state index in [1.165, 1.54) is 57.9 Å². The summed E-state index contributed by atoms with van der Waals surface area (Å²) in [5.74, 6) is 7.37. The average Bonchev–Trinajstić information content (AvgIpc) is 3.18. The van der Waals surface area contributed by atoms with Gasteiger partial charge in [0.05, 0.1) is 11.7 Å². The van der Waals surface area contributed by atoms with E-state index >= 15 is 0 Å². The number of hydrogen-bond donors (Lipinski definition) is 1. The molecule has 12 atom stereocenters. The van der Waals surface area contributed by atoms with Gasteiger partial charge >= 0.3 is 0 Å². The van der Waals surface area contributed by atoms with Gasteiger partial charge < -0.3 is 10.1 Å². The first kappa shape index (κ1) is 20.5. The van der Waals surface area contributed by atoms with E-state index in [1.807, 2.05) is 0 Å². The lowest BCUT2D eigenvalue weighted by molar-refractivity contribution is -0.0839. The maximum absolute atomic E-state index is 7.07. The molecule has 30 heavy (non-hydrogen) atoms. The Labute approximate surface area is 185 Å². The van der Waals surface area contributed by atoms with Gasteiger partial charge in [-0.25, -0.2) is 0 Å². The van der Waals surface area contributed by atoms with Crippen molar-refractivity contribution in [2.45, 2.75) is 116 Å². The molecule has 1 spiro atoms. The normalized spacial score (nSPS) is 60.4. The molecule has 170 valence electrons. The van der Waals surface area contributed by atoms with Crippen molar-refractivity contribution < 1.29 is 4.74 Å². The molecule has 0 amide bonds. The molecule has 2 heterocycles. The standard InChI is InChI=1S/C28H47NO/c1-17-13-25-26(29-16-17)19(3)28(30-25)12-10-21-22-9-8-20-7-5-6-11-27(20,4)24(22)14-23(21)18(2)15-28/h17-26,29H,5-16H2,1-4H3. The highest BCUT2D eigenvalue weighted by Crippen LogP contribution is 2.66. The first-order chi connectivity index (χ1) is 14.4. The fraction of sp³-hybridized carbons (Fsp3) is 1.00. The molecule has 0 aromatic rings. The molecule has 0 aromatic carbocycles. The zero-order valence-corrected chi connectivity index (χ0v) is 20.2. The molecular formula is C28H47NO. The van der Waals surface area contributed by atoms with Crippen LogP contribution in [0.4, 0.5) is 0 Å². The zero-order valence-electron chi connectivity index (χ0n) is 20.2. The Morgan fingerprint density at radius 1 is 0.867 bits per heavy atom. The summed E-state index contributed by atoms with van der Waals surface area (Å²) in [6, 6.07) is 0.607. The molecule has 2 heteroatoms. The van der Waals surface area contributed by atoms with Gasteiger partial charge in [-0.15, -0.1) is 0 Å². The topological polar surface area (TPSA) is 21.3 Å². The Balaban J connectivity index is 1.24. The maximum atomic E-state index is 7.07. The van der Waals surface area contributed by atoms with Crippen LogP contribution >= 0.6 is 0 Å². The van der Waals surface area contributed by atoms with Gasteiger partial charge in [-0.05, 0) is 111 Å². The van der Waals surface area contributed by atoms with Crippen LogP contribution in [0.3, 0.4) is 0 Å². The predicted octanol–water partition coefficient (Wildman–Crippen LogP) is 6.44. The third-order valence-corrected chi connectivity index (χ3v) is 12.1. The molecule has 0 aromatic heterocycles. The fourth-order valence-electron chi connectivity index (χ4n) is 10.5. The first-order valence-corrected chi connectivity index (χ1v) is 13.8. The molecule has 2 nitrogen and oxygen atoms in total. The summed E-state index contributed by atoms with van der Waals surface area (Å²) >= 11 is 0. The largest absolute Gasteiger partial charge is 0.370 e. The molecule has 0 bridgehead atoms. The van der Waals surface area contributed by atoms with Crippen molar-refractivity contribution in [3.63, 3.8) is 0 Å². The van der Waals surface area contributed by atoms with E-state index in [0.29, 0.717) is 23.5 Å². The van der Waals surface area contributed by atoms with Crippen LogP contribution in [0.1, 0.15) is 98.3 Å². The second-order valence-corrected chi connectivity index (χ2v) is 13.4. The van der Waals surface area contributed by atoms with Crippen LogP contribution in [0.15, 0.2) is 0 Å². The van der Waals surface area contributed by atoms with Crippen LogP contribution in [-0.2, 0) is 4.74 Å². The minimum Gasteiger partial charge on any atom is -0.370 e. The molecule has 6 aliphatic rings. The van der Waals surface area contributed by atoms with Gasteiger partial charge in [0.1, 0.15) is 0 Å². The van der Waals surface area contributed by atoms with Crippen LogP contribution in [0.5, 0.6) is 0 Å². The molecule has 0 radical (unpaired) electrons. The van der Waals surface area contributed by atoms with Crippen LogP contribution in [0.25, 0.3) is 0 Å². The Morgan fingerprint density at radius 2 is 1.73 bits per heavy atom. The highest BCUT2D eigenvalue weighted by molar-refractivity contribution is 5.11. The summed E-state index contributed by atoms with van der Waals surface area (Å²) in [7, 11) is 0. The second kappa shape index (κ2) is 7.21.